The molecule has 0 spiro atoms. The van der Waals surface area contributed by atoms with E-state index in [1.54, 1.807) is 0 Å². The van der Waals surface area contributed by atoms with Gasteiger partial charge in [0.2, 0.25) is 0 Å². The lowest BCUT2D eigenvalue weighted by Crippen LogP contribution is -2.08. The van der Waals surface area contributed by atoms with E-state index in [2.05, 4.69) is 6.07 Å². The molecule has 4 heteroatoms. The van der Waals surface area contributed by atoms with Gasteiger partial charge in [-0.15, -0.1) is 0 Å². The number of carbonyl (C=O) groups is 2. The number of rotatable bonds is 4. The molecule has 1 heterocycles. The topological polar surface area (TPSA) is 52.6 Å². The van der Waals surface area contributed by atoms with Crippen molar-refractivity contribution >= 4 is 17.5 Å². The average Bonchev–Trinajstić information content (AvgIpc) is 2.90. The summed E-state index contributed by atoms with van der Waals surface area (Å²) >= 11 is 0. The third-order valence-corrected chi connectivity index (χ3v) is 4.46. The summed E-state index contributed by atoms with van der Waals surface area (Å²) in [4.78, 5) is 24.5. The molecule has 0 saturated carbocycles. The third-order valence-electron chi connectivity index (χ3n) is 4.46. The van der Waals surface area contributed by atoms with Crippen LogP contribution in [0.15, 0.2) is 48.2 Å². The quantitative estimate of drug-likeness (QED) is 0.765. The average molecular weight is 350 g/mol. The van der Waals surface area contributed by atoms with E-state index < -0.39 is 18.0 Å². The van der Waals surface area contributed by atoms with E-state index in [4.69, 9.17) is 9.47 Å². The number of hydrogen-bond donors (Lipinski definition) is 0. The highest BCUT2D eigenvalue weighted by Crippen LogP contribution is 2.42. The number of benzene rings is 2. The summed E-state index contributed by atoms with van der Waals surface area (Å²) in [5.74, 6) is -0.661. The molecule has 0 fully saturated rings. The van der Waals surface area contributed by atoms with E-state index in [1.165, 1.54) is 6.92 Å². The molecule has 2 aromatic carbocycles. The Kier molecular flexibility index (Phi) is 4.94. The van der Waals surface area contributed by atoms with Crippen LogP contribution in [0.5, 0.6) is 0 Å². The first-order chi connectivity index (χ1) is 12.4. The van der Waals surface area contributed by atoms with E-state index in [1.807, 2.05) is 57.2 Å². The molecule has 0 N–H and O–H groups in total. The maximum atomic E-state index is 12.8. The standard InChI is InChI=1S/C22H22O4/c1-5-16-12-13(2)11-14(3)18(16)19-21(25-15(4)23)20(26-22(19)24)17-9-7-6-8-10-17/h6-12,20H,5H2,1-4H3. The summed E-state index contributed by atoms with van der Waals surface area (Å²) in [5.41, 5.74) is 5.06. The zero-order chi connectivity index (χ0) is 18.8. The molecule has 0 aromatic heterocycles. The second-order valence-electron chi connectivity index (χ2n) is 6.50. The Morgan fingerprint density at radius 3 is 2.46 bits per heavy atom. The number of aryl methyl sites for hydroxylation is 3. The molecule has 0 bridgehead atoms. The van der Waals surface area contributed by atoms with E-state index in [9.17, 15) is 9.59 Å². The van der Waals surface area contributed by atoms with Crippen LogP contribution in [0.3, 0.4) is 0 Å². The van der Waals surface area contributed by atoms with Crippen LogP contribution in [0.1, 0.15) is 47.8 Å². The van der Waals surface area contributed by atoms with E-state index in [0.717, 1.165) is 34.2 Å². The van der Waals surface area contributed by atoms with Gasteiger partial charge in [0.1, 0.15) is 5.57 Å². The lowest BCUT2D eigenvalue weighted by atomic mass is 9.90. The summed E-state index contributed by atoms with van der Waals surface area (Å²) in [6, 6.07) is 13.4. The Bertz CT molecular complexity index is 894. The van der Waals surface area contributed by atoms with Crippen molar-refractivity contribution < 1.29 is 19.1 Å². The Labute approximate surface area is 153 Å². The van der Waals surface area contributed by atoms with E-state index >= 15 is 0 Å². The van der Waals surface area contributed by atoms with Crippen LogP contribution in [0.4, 0.5) is 0 Å². The van der Waals surface area contributed by atoms with Gasteiger partial charge in [0, 0.05) is 12.5 Å². The van der Waals surface area contributed by atoms with Crippen molar-refractivity contribution in [1.82, 2.24) is 0 Å². The Balaban J connectivity index is 2.24. The van der Waals surface area contributed by atoms with Crippen LogP contribution < -0.4 is 0 Å². The number of ether oxygens (including phenoxy) is 2. The molecule has 1 aliphatic rings. The molecule has 0 radical (unpaired) electrons. The van der Waals surface area contributed by atoms with Gasteiger partial charge >= 0.3 is 11.9 Å². The zero-order valence-corrected chi connectivity index (χ0v) is 15.5. The zero-order valence-electron chi connectivity index (χ0n) is 15.5. The summed E-state index contributed by atoms with van der Waals surface area (Å²) in [6.07, 6.45) is 0.0471. The molecule has 1 unspecified atom stereocenters. The second-order valence-corrected chi connectivity index (χ2v) is 6.50. The van der Waals surface area contributed by atoms with Gasteiger partial charge in [0.05, 0.1) is 0 Å². The normalized spacial score (nSPS) is 16.6. The van der Waals surface area contributed by atoms with Gasteiger partial charge < -0.3 is 9.47 Å². The minimum absolute atomic E-state index is 0.273. The lowest BCUT2D eigenvalue weighted by Gasteiger charge is -2.15. The van der Waals surface area contributed by atoms with Crippen LogP contribution >= 0.6 is 0 Å². The van der Waals surface area contributed by atoms with Crippen LogP contribution in [0.2, 0.25) is 0 Å². The maximum absolute atomic E-state index is 12.8. The Hall–Kier alpha value is -2.88. The predicted molar refractivity (Wildman–Crippen MR) is 99.3 cm³/mol. The van der Waals surface area contributed by atoms with Crippen molar-refractivity contribution in [2.45, 2.75) is 40.2 Å². The maximum Gasteiger partial charge on any atom is 0.343 e. The molecule has 4 nitrogen and oxygen atoms in total. The molecule has 26 heavy (non-hydrogen) atoms. The fraction of sp³-hybridized carbons (Fsp3) is 0.273. The van der Waals surface area contributed by atoms with Crippen LogP contribution in [-0.4, -0.2) is 11.9 Å². The van der Waals surface area contributed by atoms with Gasteiger partial charge in [0.15, 0.2) is 11.9 Å². The minimum atomic E-state index is -0.715. The molecule has 1 aliphatic heterocycles. The van der Waals surface area contributed by atoms with Crippen LogP contribution in [-0.2, 0) is 25.5 Å². The predicted octanol–water partition coefficient (Wildman–Crippen LogP) is 4.44. The largest absolute Gasteiger partial charge is 0.445 e. The summed E-state index contributed by atoms with van der Waals surface area (Å²) in [5, 5.41) is 0. The van der Waals surface area contributed by atoms with Gasteiger partial charge in [-0.2, -0.15) is 0 Å². The Morgan fingerprint density at radius 1 is 1.15 bits per heavy atom. The van der Waals surface area contributed by atoms with Gasteiger partial charge in [-0.25, -0.2) is 4.79 Å². The summed E-state index contributed by atoms with van der Waals surface area (Å²) in [6.45, 7) is 7.36. The van der Waals surface area contributed by atoms with Crippen molar-refractivity contribution in [3.63, 3.8) is 0 Å². The highest BCUT2D eigenvalue weighted by Gasteiger charge is 2.39. The molecule has 0 aliphatic carbocycles. The van der Waals surface area contributed by atoms with Gasteiger partial charge in [-0.05, 0) is 37.0 Å². The van der Waals surface area contributed by atoms with E-state index in [0.29, 0.717) is 5.57 Å². The molecular weight excluding hydrogens is 328 g/mol. The highest BCUT2D eigenvalue weighted by atomic mass is 16.6. The molecule has 3 rings (SSSR count). The first-order valence-corrected chi connectivity index (χ1v) is 8.71. The van der Waals surface area contributed by atoms with Gasteiger partial charge in [0.25, 0.3) is 0 Å². The minimum Gasteiger partial charge on any atom is -0.445 e. The molecular formula is C22H22O4. The van der Waals surface area contributed by atoms with Gasteiger partial charge in [-0.1, -0.05) is 55.0 Å². The third kappa shape index (κ3) is 3.27. The Morgan fingerprint density at radius 2 is 1.85 bits per heavy atom. The second kappa shape index (κ2) is 7.16. The molecule has 0 amide bonds. The summed E-state index contributed by atoms with van der Waals surface area (Å²) < 4.78 is 11.1. The molecule has 134 valence electrons. The highest BCUT2D eigenvalue weighted by molar-refractivity contribution is 6.20. The van der Waals surface area contributed by atoms with Crippen molar-refractivity contribution in [2.24, 2.45) is 0 Å². The van der Waals surface area contributed by atoms with Crippen molar-refractivity contribution in [2.75, 3.05) is 0 Å². The smallest absolute Gasteiger partial charge is 0.343 e. The number of esters is 2. The lowest BCUT2D eigenvalue weighted by molar-refractivity contribution is -0.143. The molecule has 1 atom stereocenters. The van der Waals surface area contributed by atoms with Crippen LogP contribution in [0, 0.1) is 13.8 Å². The SMILES string of the molecule is CCc1cc(C)cc(C)c1C1=C(OC(C)=O)C(c2ccccc2)OC1=O. The van der Waals surface area contributed by atoms with Gasteiger partial charge in [-0.3, -0.25) is 4.79 Å². The van der Waals surface area contributed by atoms with Crippen molar-refractivity contribution in [3.8, 4) is 0 Å². The first-order valence-electron chi connectivity index (χ1n) is 8.71. The monoisotopic (exact) mass is 350 g/mol. The number of hydrogen-bond acceptors (Lipinski definition) is 4. The van der Waals surface area contributed by atoms with Crippen LogP contribution in [0.25, 0.3) is 5.57 Å². The van der Waals surface area contributed by atoms with Crippen molar-refractivity contribution in [3.05, 3.63) is 76.0 Å². The first kappa shape index (κ1) is 17.9. The fourth-order valence-electron chi connectivity index (χ4n) is 3.48. The molecule has 2 aromatic rings. The summed E-state index contributed by atoms with van der Waals surface area (Å²) in [7, 11) is 0. The molecule has 0 saturated heterocycles. The van der Waals surface area contributed by atoms with Crippen molar-refractivity contribution in [1.29, 1.82) is 0 Å². The number of cyclic esters (lactones) is 1. The van der Waals surface area contributed by atoms with E-state index in [-0.39, 0.29) is 5.76 Å². The number of carbonyl (C=O) groups excluding carboxylic acids is 2. The fourth-order valence-corrected chi connectivity index (χ4v) is 3.48.